The van der Waals surface area contributed by atoms with Gasteiger partial charge >= 0.3 is 5.97 Å². The van der Waals surface area contributed by atoms with Crippen LogP contribution in [0.4, 0.5) is 0 Å². The second kappa shape index (κ2) is 9.33. The first-order valence-corrected chi connectivity index (χ1v) is 11.6. The largest absolute Gasteiger partial charge is 0.480 e. The van der Waals surface area contributed by atoms with E-state index in [1.165, 1.54) is 0 Å². The number of halogens is 1. The minimum atomic E-state index is -0.958. The van der Waals surface area contributed by atoms with Crippen molar-refractivity contribution in [1.82, 2.24) is 4.90 Å². The summed E-state index contributed by atoms with van der Waals surface area (Å²) in [6.07, 6.45) is 9.19. The number of amides is 1. The van der Waals surface area contributed by atoms with E-state index in [9.17, 15) is 14.7 Å². The highest BCUT2D eigenvalue weighted by Crippen LogP contribution is 2.46. The molecule has 1 heterocycles. The monoisotopic (exact) mass is 449 g/mol. The third-order valence-corrected chi connectivity index (χ3v) is 7.01. The number of aliphatic carboxylic acids is 1. The van der Waals surface area contributed by atoms with Gasteiger partial charge < -0.3 is 10.0 Å². The second-order valence-corrected chi connectivity index (χ2v) is 9.06. The molecule has 5 heteroatoms. The Balaban J connectivity index is 1.70. The highest BCUT2D eigenvalue weighted by atomic mass is 35.5. The summed E-state index contributed by atoms with van der Waals surface area (Å²) >= 11 is 6.46. The van der Waals surface area contributed by atoms with E-state index in [1.54, 1.807) is 11.0 Å². The lowest BCUT2D eigenvalue weighted by Gasteiger charge is -2.39. The summed E-state index contributed by atoms with van der Waals surface area (Å²) in [4.78, 5) is 27.8. The molecular formula is C27H28ClNO3. The standard InChI is InChI=1S/C27H28ClNO3/c1-2-16-27(17-14-20(15-18-27)19-8-4-3-5-9-19)26(32)29-23(12-13-24(29)25(30)31)21-10-6-7-11-22(21)28/h3-11,14-15,17,23-24H,2,12-13,16,18H2,1H3,(H,30,31)/t23-,24+,27?/m1/s1. The molecule has 1 amide bonds. The van der Waals surface area contributed by atoms with E-state index in [2.05, 4.69) is 25.1 Å². The number of hydrogen-bond acceptors (Lipinski definition) is 2. The molecule has 1 N–H and O–H groups in total. The lowest BCUT2D eigenvalue weighted by molar-refractivity contribution is -0.154. The van der Waals surface area contributed by atoms with E-state index in [0.717, 1.165) is 23.1 Å². The molecule has 4 nitrogen and oxygen atoms in total. The van der Waals surface area contributed by atoms with Crippen molar-refractivity contribution < 1.29 is 14.7 Å². The van der Waals surface area contributed by atoms with Crippen molar-refractivity contribution in [1.29, 1.82) is 0 Å². The molecule has 3 atom stereocenters. The van der Waals surface area contributed by atoms with Crippen LogP contribution in [0.15, 0.2) is 72.8 Å². The summed E-state index contributed by atoms with van der Waals surface area (Å²) in [6.45, 7) is 2.06. The minimum absolute atomic E-state index is 0.117. The molecule has 4 rings (SSSR count). The number of rotatable bonds is 6. The molecule has 0 saturated carbocycles. The lowest BCUT2D eigenvalue weighted by atomic mass is 9.74. The maximum Gasteiger partial charge on any atom is 0.326 e. The van der Waals surface area contributed by atoms with Gasteiger partial charge in [0.1, 0.15) is 6.04 Å². The number of nitrogens with zero attached hydrogens (tertiary/aromatic N) is 1. The highest BCUT2D eigenvalue weighted by Gasteiger charge is 2.48. The Bertz CT molecular complexity index is 1060. The third-order valence-electron chi connectivity index (χ3n) is 6.67. The van der Waals surface area contributed by atoms with Crippen molar-refractivity contribution in [2.24, 2.45) is 5.41 Å². The van der Waals surface area contributed by atoms with Gasteiger partial charge in [0.25, 0.3) is 0 Å². The molecule has 2 aromatic carbocycles. The van der Waals surface area contributed by atoms with E-state index >= 15 is 0 Å². The summed E-state index contributed by atoms with van der Waals surface area (Å²) in [6, 6.07) is 16.3. The number of likely N-dealkylation sites (tertiary alicyclic amines) is 1. The normalized spacial score (nSPS) is 24.9. The van der Waals surface area contributed by atoms with Crippen molar-refractivity contribution in [3.63, 3.8) is 0 Å². The van der Waals surface area contributed by atoms with Gasteiger partial charge in [-0.2, -0.15) is 0 Å². The second-order valence-electron chi connectivity index (χ2n) is 8.65. The predicted octanol–water partition coefficient (Wildman–Crippen LogP) is 6.29. The van der Waals surface area contributed by atoms with Crippen molar-refractivity contribution in [3.05, 3.63) is 89.0 Å². The summed E-state index contributed by atoms with van der Waals surface area (Å²) in [5.74, 6) is -1.08. The fraction of sp³-hybridized carbons (Fsp3) is 0.333. The van der Waals surface area contributed by atoms with Crippen LogP contribution in [-0.4, -0.2) is 27.9 Å². The molecule has 0 radical (unpaired) electrons. The average molecular weight is 450 g/mol. The first kappa shape index (κ1) is 22.3. The van der Waals surface area contributed by atoms with E-state index < -0.39 is 17.4 Å². The summed E-state index contributed by atoms with van der Waals surface area (Å²) in [5.41, 5.74) is 2.27. The van der Waals surface area contributed by atoms with Gasteiger partial charge in [0, 0.05) is 5.02 Å². The topological polar surface area (TPSA) is 57.6 Å². The highest BCUT2D eigenvalue weighted by molar-refractivity contribution is 6.31. The zero-order chi connectivity index (χ0) is 22.7. The van der Waals surface area contributed by atoms with Gasteiger partial charge in [-0.15, -0.1) is 0 Å². The van der Waals surface area contributed by atoms with Crippen LogP contribution < -0.4 is 0 Å². The number of carboxylic acid groups (broad SMARTS) is 1. The van der Waals surface area contributed by atoms with E-state index in [1.807, 2.05) is 48.6 Å². The SMILES string of the molecule is CCCC1(C(=O)N2[C@@H](c3ccccc3Cl)CC[C@H]2C(=O)O)C=CC(c2ccccc2)=CC1. The molecule has 0 aromatic heterocycles. The number of carbonyl (C=O) groups excluding carboxylic acids is 1. The zero-order valence-electron chi connectivity index (χ0n) is 18.2. The molecule has 0 spiro atoms. The molecule has 1 aliphatic carbocycles. The smallest absolute Gasteiger partial charge is 0.326 e. The van der Waals surface area contributed by atoms with Crippen molar-refractivity contribution in [3.8, 4) is 0 Å². The molecule has 2 aliphatic rings. The van der Waals surface area contributed by atoms with Crippen LogP contribution in [0.2, 0.25) is 5.02 Å². The molecule has 32 heavy (non-hydrogen) atoms. The van der Waals surface area contributed by atoms with Crippen LogP contribution in [0.25, 0.3) is 5.57 Å². The molecule has 166 valence electrons. The molecule has 1 unspecified atom stereocenters. The number of benzene rings is 2. The third kappa shape index (κ3) is 4.12. The molecule has 1 aliphatic heterocycles. The van der Waals surface area contributed by atoms with E-state index in [-0.39, 0.29) is 11.9 Å². The Morgan fingerprint density at radius 1 is 1.09 bits per heavy atom. The maximum atomic E-state index is 14.1. The fourth-order valence-corrected chi connectivity index (χ4v) is 5.33. The van der Waals surface area contributed by atoms with Gasteiger partial charge in [-0.3, -0.25) is 4.79 Å². The van der Waals surface area contributed by atoms with E-state index in [4.69, 9.17) is 11.6 Å². The van der Waals surface area contributed by atoms with Gasteiger partial charge in [0.15, 0.2) is 0 Å². The van der Waals surface area contributed by atoms with Gasteiger partial charge in [0.2, 0.25) is 5.91 Å². The van der Waals surface area contributed by atoms with Crippen LogP contribution in [-0.2, 0) is 9.59 Å². The van der Waals surface area contributed by atoms with Crippen molar-refractivity contribution in [2.45, 2.75) is 51.1 Å². The summed E-state index contributed by atoms with van der Waals surface area (Å²) in [5, 5.41) is 10.5. The van der Waals surface area contributed by atoms with Crippen molar-refractivity contribution in [2.75, 3.05) is 0 Å². The van der Waals surface area contributed by atoms with E-state index in [0.29, 0.717) is 30.7 Å². The first-order valence-electron chi connectivity index (χ1n) is 11.2. The van der Waals surface area contributed by atoms with Crippen LogP contribution in [0.3, 0.4) is 0 Å². The van der Waals surface area contributed by atoms with Crippen LogP contribution in [0, 0.1) is 5.41 Å². The zero-order valence-corrected chi connectivity index (χ0v) is 19.0. The first-order chi connectivity index (χ1) is 15.5. The van der Waals surface area contributed by atoms with Crippen LogP contribution >= 0.6 is 11.6 Å². The molecule has 1 fully saturated rings. The average Bonchev–Trinajstić information content (AvgIpc) is 3.25. The Morgan fingerprint density at radius 3 is 2.44 bits per heavy atom. The molecule has 2 aromatic rings. The van der Waals surface area contributed by atoms with Crippen LogP contribution in [0.1, 0.15) is 56.2 Å². The minimum Gasteiger partial charge on any atom is -0.480 e. The fourth-order valence-electron chi connectivity index (χ4n) is 5.06. The van der Waals surface area contributed by atoms with Crippen LogP contribution in [0.5, 0.6) is 0 Å². The molecule has 1 saturated heterocycles. The lowest BCUT2D eigenvalue weighted by Crippen LogP contribution is -2.49. The molecule has 0 bridgehead atoms. The van der Waals surface area contributed by atoms with Crippen molar-refractivity contribution >= 4 is 29.1 Å². The van der Waals surface area contributed by atoms with Gasteiger partial charge in [-0.25, -0.2) is 4.79 Å². The van der Waals surface area contributed by atoms with Gasteiger partial charge in [-0.1, -0.05) is 91.7 Å². The Labute approximate surface area is 194 Å². The number of allylic oxidation sites excluding steroid dienone is 3. The molecular weight excluding hydrogens is 422 g/mol. The maximum absolute atomic E-state index is 14.1. The number of carbonyl (C=O) groups is 2. The summed E-state index contributed by atoms with van der Waals surface area (Å²) < 4.78 is 0. The number of carboxylic acids is 1. The van der Waals surface area contributed by atoms with Gasteiger partial charge in [-0.05, 0) is 48.4 Å². The Morgan fingerprint density at radius 2 is 1.81 bits per heavy atom. The van der Waals surface area contributed by atoms with Gasteiger partial charge in [0.05, 0.1) is 11.5 Å². The predicted molar refractivity (Wildman–Crippen MR) is 127 cm³/mol. The number of hydrogen-bond donors (Lipinski definition) is 1. The summed E-state index contributed by atoms with van der Waals surface area (Å²) in [7, 11) is 0. The Hall–Kier alpha value is -2.85. The quantitative estimate of drug-likeness (QED) is 0.564. The Kier molecular flexibility index (Phi) is 6.52.